The molecule has 0 fully saturated rings. The number of ether oxygens (including phenoxy) is 1. The standard InChI is InChI=1S/C13H16O3S/c1-3-16-12(14)8-9-17-13(15)11-7-5-4-6-10(11)2/h4-7H,3,8-9H2,1-2H3. The maximum absolute atomic E-state index is 11.8. The van der Waals surface area contributed by atoms with E-state index in [2.05, 4.69) is 0 Å². The highest BCUT2D eigenvalue weighted by molar-refractivity contribution is 8.14. The van der Waals surface area contributed by atoms with Gasteiger partial charge in [-0.1, -0.05) is 36.0 Å². The van der Waals surface area contributed by atoms with E-state index in [1.54, 1.807) is 13.0 Å². The Hall–Kier alpha value is -1.29. The fourth-order valence-corrected chi connectivity index (χ4v) is 2.18. The number of carbonyl (C=O) groups excluding carboxylic acids is 2. The Morgan fingerprint density at radius 3 is 2.65 bits per heavy atom. The van der Waals surface area contributed by atoms with Crippen LogP contribution in [-0.2, 0) is 9.53 Å². The largest absolute Gasteiger partial charge is 0.466 e. The molecular weight excluding hydrogens is 236 g/mol. The van der Waals surface area contributed by atoms with E-state index in [4.69, 9.17) is 4.74 Å². The molecule has 0 saturated carbocycles. The van der Waals surface area contributed by atoms with Crippen LogP contribution in [-0.4, -0.2) is 23.4 Å². The van der Waals surface area contributed by atoms with Crippen molar-refractivity contribution in [2.75, 3.05) is 12.4 Å². The first kappa shape index (κ1) is 13.8. The van der Waals surface area contributed by atoms with E-state index in [0.717, 1.165) is 17.3 Å². The summed E-state index contributed by atoms with van der Waals surface area (Å²) in [5, 5.41) is 0.00685. The van der Waals surface area contributed by atoms with Gasteiger partial charge in [0.15, 0.2) is 0 Å². The van der Waals surface area contributed by atoms with Gasteiger partial charge in [0.25, 0.3) is 0 Å². The van der Waals surface area contributed by atoms with Gasteiger partial charge in [-0.3, -0.25) is 9.59 Å². The van der Waals surface area contributed by atoms with Gasteiger partial charge < -0.3 is 4.74 Å². The fraction of sp³-hybridized carbons (Fsp3) is 0.385. The summed E-state index contributed by atoms with van der Waals surface area (Å²) in [6, 6.07) is 7.44. The van der Waals surface area contributed by atoms with Crippen LogP contribution in [0.5, 0.6) is 0 Å². The van der Waals surface area contributed by atoms with E-state index in [1.807, 2.05) is 25.1 Å². The second-order valence-electron chi connectivity index (χ2n) is 3.51. The van der Waals surface area contributed by atoms with Crippen LogP contribution in [0.25, 0.3) is 0 Å². The molecule has 0 aliphatic carbocycles. The van der Waals surface area contributed by atoms with E-state index in [0.29, 0.717) is 17.9 Å². The van der Waals surface area contributed by atoms with Crippen molar-refractivity contribution < 1.29 is 14.3 Å². The van der Waals surface area contributed by atoms with Crippen molar-refractivity contribution in [3.63, 3.8) is 0 Å². The maximum atomic E-state index is 11.8. The van der Waals surface area contributed by atoms with Crippen LogP contribution in [0, 0.1) is 6.92 Å². The summed E-state index contributed by atoms with van der Waals surface area (Å²) < 4.78 is 4.79. The van der Waals surface area contributed by atoms with Crippen LogP contribution < -0.4 is 0 Å². The summed E-state index contributed by atoms with van der Waals surface area (Å²) >= 11 is 1.16. The molecule has 3 nitrogen and oxygen atoms in total. The normalized spacial score (nSPS) is 10.0. The molecule has 0 radical (unpaired) electrons. The highest BCUT2D eigenvalue weighted by atomic mass is 32.2. The zero-order chi connectivity index (χ0) is 12.7. The van der Waals surface area contributed by atoms with Crippen molar-refractivity contribution in [2.45, 2.75) is 20.3 Å². The van der Waals surface area contributed by atoms with Crippen molar-refractivity contribution in [2.24, 2.45) is 0 Å². The Kier molecular flexibility index (Phi) is 5.77. The van der Waals surface area contributed by atoms with Crippen molar-refractivity contribution >= 4 is 22.8 Å². The molecule has 0 unspecified atom stereocenters. The number of rotatable bonds is 5. The highest BCUT2D eigenvalue weighted by Crippen LogP contribution is 2.16. The second kappa shape index (κ2) is 7.12. The van der Waals surface area contributed by atoms with Gasteiger partial charge in [-0.05, 0) is 19.4 Å². The minimum absolute atomic E-state index is 0.00685. The SMILES string of the molecule is CCOC(=O)CCSC(=O)c1ccccc1C. The lowest BCUT2D eigenvalue weighted by Crippen LogP contribution is -2.06. The Labute approximate surface area is 106 Å². The third-order valence-corrected chi connectivity index (χ3v) is 3.10. The molecule has 92 valence electrons. The summed E-state index contributed by atoms with van der Waals surface area (Å²) in [6.45, 7) is 4.05. The zero-order valence-electron chi connectivity index (χ0n) is 10.1. The fourth-order valence-electron chi connectivity index (χ4n) is 1.34. The average Bonchev–Trinajstić information content (AvgIpc) is 2.29. The first-order valence-corrected chi connectivity index (χ1v) is 6.52. The zero-order valence-corrected chi connectivity index (χ0v) is 10.9. The molecular formula is C13H16O3S. The minimum Gasteiger partial charge on any atom is -0.466 e. The molecule has 1 aromatic carbocycles. The van der Waals surface area contributed by atoms with Gasteiger partial charge in [0.1, 0.15) is 0 Å². The van der Waals surface area contributed by atoms with Gasteiger partial charge in [-0.15, -0.1) is 0 Å². The molecule has 4 heteroatoms. The molecule has 17 heavy (non-hydrogen) atoms. The van der Waals surface area contributed by atoms with E-state index in [-0.39, 0.29) is 17.5 Å². The predicted octanol–water partition coefficient (Wildman–Crippen LogP) is 2.82. The van der Waals surface area contributed by atoms with Gasteiger partial charge in [-0.2, -0.15) is 0 Å². The van der Waals surface area contributed by atoms with Crippen molar-refractivity contribution in [3.05, 3.63) is 35.4 Å². The molecule has 0 bridgehead atoms. The number of hydrogen-bond donors (Lipinski definition) is 0. The van der Waals surface area contributed by atoms with Crippen molar-refractivity contribution in [1.29, 1.82) is 0 Å². The Balaban J connectivity index is 2.41. The lowest BCUT2D eigenvalue weighted by Gasteiger charge is -2.04. The molecule has 0 aromatic heterocycles. The summed E-state index contributed by atoms with van der Waals surface area (Å²) in [5.74, 6) is 0.212. The van der Waals surface area contributed by atoms with Gasteiger partial charge in [-0.25, -0.2) is 0 Å². The van der Waals surface area contributed by atoms with E-state index in [1.165, 1.54) is 0 Å². The lowest BCUT2D eigenvalue weighted by atomic mass is 10.1. The van der Waals surface area contributed by atoms with Gasteiger partial charge in [0.2, 0.25) is 5.12 Å². The smallest absolute Gasteiger partial charge is 0.306 e. The predicted molar refractivity (Wildman–Crippen MR) is 69.2 cm³/mol. The first-order valence-electron chi connectivity index (χ1n) is 5.53. The van der Waals surface area contributed by atoms with Crippen LogP contribution in [0.1, 0.15) is 29.3 Å². The number of thioether (sulfide) groups is 1. The molecule has 0 aliphatic heterocycles. The summed E-state index contributed by atoms with van der Waals surface area (Å²) in [6.07, 6.45) is 0.274. The molecule has 0 amide bonds. The number of hydrogen-bond acceptors (Lipinski definition) is 4. The molecule has 1 aromatic rings. The average molecular weight is 252 g/mol. The molecule has 0 saturated heterocycles. The summed E-state index contributed by atoms with van der Waals surface area (Å²) in [5.41, 5.74) is 1.67. The highest BCUT2D eigenvalue weighted by Gasteiger charge is 2.10. The van der Waals surface area contributed by atoms with E-state index in [9.17, 15) is 9.59 Å². The number of benzene rings is 1. The third kappa shape index (κ3) is 4.61. The number of carbonyl (C=O) groups is 2. The molecule has 0 atom stereocenters. The minimum atomic E-state index is -0.252. The second-order valence-corrected chi connectivity index (χ2v) is 4.57. The van der Waals surface area contributed by atoms with E-state index >= 15 is 0 Å². The Morgan fingerprint density at radius 1 is 1.29 bits per heavy atom. The molecule has 0 spiro atoms. The number of esters is 1. The lowest BCUT2D eigenvalue weighted by molar-refractivity contribution is -0.142. The monoisotopic (exact) mass is 252 g/mol. The van der Waals surface area contributed by atoms with Crippen LogP contribution in [0.3, 0.4) is 0 Å². The van der Waals surface area contributed by atoms with Crippen molar-refractivity contribution in [3.8, 4) is 0 Å². The van der Waals surface area contributed by atoms with Gasteiger partial charge in [0, 0.05) is 11.3 Å². The Morgan fingerprint density at radius 2 is 2.00 bits per heavy atom. The van der Waals surface area contributed by atoms with Gasteiger partial charge in [0.05, 0.1) is 13.0 Å². The summed E-state index contributed by atoms with van der Waals surface area (Å²) in [4.78, 5) is 22.9. The molecule has 0 N–H and O–H groups in total. The molecule has 1 rings (SSSR count). The molecule has 0 heterocycles. The quantitative estimate of drug-likeness (QED) is 0.756. The summed E-state index contributed by atoms with van der Waals surface area (Å²) in [7, 11) is 0. The van der Waals surface area contributed by atoms with E-state index < -0.39 is 0 Å². The maximum Gasteiger partial charge on any atom is 0.306 e. The van der Waals surface area contributed by atoms with Crippen LogP contribution in [0.15, 0.2) is 24.3 Å². The van der Waals surface area contributed by atoms with Crippen LogP contribution in [0.4, 0.5) is 0 Å². The number of aryl methyl sites for hydroxylation is 1. The Bertz CT molecular complexity index is 401. The van der Waals surface area contributed by atoms with Crippen LogP contribution >= 0.6 is 11.8 Å². The van der Waals surface area contributed by atoms with Crippen molar-refractivity contribution in [1.82, 2.24) is 0 Å². The third-order valence-electron chi connectivity index (χ3n) is 2.21. The van der Waals surface area contributed by atoms with Crippen LogP contribution in [0.2, 0.25) is 0 Å². The van der Waals surface area contributed by atoms with Gasteiger partial charge >= 0.3 is 5.97 Å². The molecule has 0 aliphatic rings. The first-order chi connectivity index (χ1) is 8.15. The topological polar surface area (TPSA) is 43.4 Å².